The van der Waals surface area contributed by atoms with Crippen LogP contribution in [-0.2, 0) is 4.79 Å². The topological polar surface area (TPSA) is 61.6 Å². The van der Waals surface area contributed by atoms with Crippen LogP contribution in [0.3, 0.4) is 0 Å². The van der Waals surface area contributed by atoms with Crippen LogP contribution in [0.4, 0.5) is 0 Å². The van der Waals surface area contributed by atoms with Crippen LogP contribution in [0.2, 0.25) is 0 Å². The molecule has 0 radical (unpaired) electrons. The number of benzene rings is 1. The highest BCUT2D eigenvalue weighted by Crippen LogP contribution is 2.24. The number of hydrogen-bond donors (Lipinski definition) is 2. The number of nitrogens with two attached hydrogens (primary N) is 1. The molecule has 1 aliphatic rings. The van der Waals surface area contributed by atoms with Crippen molar-refractivity contribution in [2.75, 3.05) is 39.8 Å². The highest BCUT2D eigenvalue weighted by Gasteiger charge is 2.28. The summed E-state index contributed by atoms with van der Waals surface area (Å²) < 4.78 is 0. The molecule has 1 heterocycles. The van der Waals surface area contributed by atoms with Gasteiger partial charge in [0.15, 0.2) is 0 Å². The first-order valence-corrected chi connectivity index (χ1v) is 9.48. The summed E-state index contributed by atoms with van der Waals surface area (Å²) in [4.78, 5) is 17.1. The molecule has 1 fully saturated rings. The van der Waals surface area contributed by atoms with E-state index in [1.54, 1.807) is 0 Å². The van der Waals surface area contributed by atoms with Crippen molar-refractivity contribution in [1.82, 2.24) is 15.1 Å². The minimum absolute atomic E-state index is 0.0349. The zero-order valence-corrected chi connectivity index (χ0v) is 16.0. The van der Waals surface area contributed by atoms with Crippen LogP contribution >= 0.6 is 0 Å². The minimum Gasteiger partial charge on any atom is -0.354 e. The minimum atomic E-state index is -0.755. The number of piperazine rings is 1. The molecule has 2 atom stereocenters. The van der Waals surface area contributed by atoms with Gasteiger partial charge in [-0.05, 0) is 32.4 Å². The van der Waals surface area contributed by atoms with Crippen LogP contribution in [0.5, 0.6) is 0 Å². The normalized spacial score (nSPS) is 21.7. The van der Waals surface area contributed by atoms with Gasteiger partial charge in [0.05, 0.1) is 5.54 Å². The predicted octanol–water partition coefficient (Wildman–Crippen LogP) is 2.00. The van der Waals surface area contributed by atoms with Gasteiger partial charge in [-0.3, -0.25) is 9.69 Å². The number of nitrogens with one attached hydrogen (secondary N) is 1. The third-order valence-corrected chi connectivity index (χ3v) is 5.07. The lowest BCUT2D eigenvalue weighted by Gasteiger charge is -2.40. The average Bonchev–Trinajstić information content (AvgIpc) is 2.60. The summed E-state index contributed by atoms with van der Waals surface area (Å²) in [5, 5.41) is 3.01. The van der Waals surface area contributed by atoms with E-state index in [1.807, 2.05) is 6.92 Å². The second-order valence-electron chi connectivity index (χ2n) is 7.50. The Balaban J connectivity index is 1.83. The molecule has 0 aromatic heterocycles. The van der Waals surface area contributed by atoms with Crippen LogP contribution < -0.4 is 11.1 Å². The van der Waals surface area contributed by atoms with Gasteiger partial charge in [-0.2, -0.15) is 0 Å². The Kier molecular flexibility index (Phi) is 7.41. The molecule has 2 rings (SSSR count). The Morgan fingerprint density at radius 1 is 1.32 bits per heavy atom. The molecule has 1 saturated heterocycles. The summed E-state index contributed by atoms with van der Waals surface area (Å²) in [7, 11) is 2.18. The van der Waals surface area contributed by atoms with Crippen LogP contribution in [0.1, 0.15) is 44.7 Å². The zero-order chi connectivity index (χ0) is 18.3. The monoisotopic (exact) mass is 346 g/mol. The van der Waals surface area contributed by atoms with Crippen molar-refractivity contribution in [3.05, 3.63) is 35.9 Å². The molecule has 2 unspecified atom stereocenters. The third-order valence-electron chi connectivity index (χ3n) is 5.07. The van der Waals surface area contributed by atoms with E-state index in [4.69, 9.17) is 5.73 Å². The standard InChI is InChI=1S/C20H34N4O/c1-4-11-20(2,21)19(25)22-12-8-13-24-15-14-23(3)16-18(24)17-9-6-5-7-10-17/h5-7,9-10,18H,4,8,11-16,21H2,1-3H3,(H,22,25). The molecule has 0 bridgehead atoms. The summed E-state index contributed by atoms with van der Waals surface area (Å²) in [6, 6.07) is 11.1. The van der Waals surface area contributed by atoms with Gasteiger partial charge in [0, 0.05) is 38.8 Å². The van der Waals surface area contributed by atoms with E-state index in [9.17, 15) is 4.79 Å². The van der Waals surface area contributed by atoms with Crippen molar-refractivity contribution >= 4 is 5.91 Å². The molecule has 0 spiro atoms. The van der Waals surface area contributed by atoms with Gasteiger partial charge in [-0.1, -0.05) is 43.7 Å². The molecule has 140 valence electrons. The summed E-state index contributed by atoms with van der Waals surface area (Å²) in [6.45, 7) is 8.74. The van der Waals surface area contributed by atoms with Gasteiger partial charge in [0.25, 0.3) is 0 Å². The molecule has 0 saturated carbocycles. The van der Waals surface area contributed by atoms with E-state index in [1.165, 1.54) is 5.56 Å². The van der Waals surface area contributed by atoms with Crippen molar-refractivity contribution in [1.29, 1.82) is 0 Å². The van der Waals surface area contributed by atoms with E-state index >= 15 is 0 Å². The van der Waals surface area contributed by atoms with Crippen LogP contribution in [0.15, 0.2) is 30.3 Å². The maximum Gasteiger partial charge on any atom is 0.239 e. The Morgan fingerprint density at radius 2 is 2.04 bits per heavy atom. The maximum atomic E-state index is 12.2. The quantitative estimate of drug-likeness (QED) is 0.707. The lowest BCUT2D eigenvalue weighted by atomic mass is 9.96. The lowest BCUT2D eigenvalue weighted by Crippen LogP contribution is -2.52. The molecule has 5 heteroatoms. The predicted molar refractivity (Wildman–Crippen MR) is 103 cm³/mol. The highest BCUT2D eigenvalue weighted by atomic mass is 16.2. The number of rotatable bonds is 8. The van der Waals surface area contributed by atoms with Crippen LogP contribution in [0, 0.1) is 0 Å². The number of likely N-dealkylation sites (N-methyl/N-ethyl adjacent to an activating group) is 1. The largest absolute Gasteiger partial charge is 0.354 e. The van der Waals surface area contributed by atoms with Gasteiger partial charge in [-0.25, -0.2) is 0 Å². The molecular formula is C20H34N4O. The van der Waals surface area contributed by atoms with E-state index in [0.717, 1.165) is 39.0 Å². The van der Waals surface area contributed by atoms with E-state index in [0.29, 0.717) is 19.0 Å². The summed E-state index contributed by atoms with van der Waals surface area (Å²) >= 11 is 0. The van der Waals surface area contributed by atoms with Crippen LogP contribution in [-0.4, -0.2) is 61.0 Å². The maximum absolute atomic E-state index is 12.2. The van der Waals surface area contributed by atoms with Gasteiger partial charge >= 0.3 is 0 Å². The van der Waals surface area contributed by atoms with E-state index in [2.05, 4.69) is 59.4 Å². The number of nitrogens with zero attached hydrogens (tertiary/aromatic N) is 2. The van der Waals surface area contributed by atoms with Gasteiger partial charge in [-0.15, -0.1) is 0 Å². The number of hydrogen-bond acceptors (Lipinski definition) is 4. The molecule has 1 aliphatic heterocycles. The highest BCUT2D eigenvalue weighted by molar-refractivity contribution is 5.85. The van der Waals surface area contributed by atoms with Gasteiger partial charge in [0.1, 0.15) is 0 Å². The van der Waals surface area contributed by atoms with Gasteiger partial charge in [0.2, 0.25) is 5.91 Å². The molecule has 1 aromatic carbocycles. The Morgan fingerprint density at radius 3 is 2.72 bits per heavy atom. The van der Waals surface area contributed by atoms with Crippen molar-refractivity contribution < 1.29 is 4.79 Å². The lowest BCUT2D eigenvalue weighted by molar-refractivity contribution is -0.126. The average molecular weight is 347 g/mol. The summed E-state index contributed by atoms with van der Waals surface area (Å²) in [5.41, 5.74) is 6.70. The molecule has 1 amide bonds. The van der Waals surface area contributed by atoms with Crippen molar-refractivity contribution in [2.24, 2.45) is 5.73 Å². The first-order valence-electron chi connectivity index (χ1n) is 9.48. The zero-order valence-electron chi connectivity index (χ0n) is 16.0. The fraction of sp³-hybridized carbons (Fsp3) is 0.650. The Hall–Kier alpha value is -1.43. The fourth-order valence-corrected chi connectivity index (χ4v) is 3.53. The third kappa shape index (κ3) is 5.80. The summed E-state index contributed by atoms with van der Waals surface area (Å²) in [5.74, 6) is -0.0349. The van der Waals surface area contributed by atoms with Crippen LogP contribution in [0.25, 0.3) is 0 Å². The number of carbonyl (C=O) groups is 1. The molecular weight excluding hydrogens is 312 g/mol. The molecule has 1 aromatic rings. The van der Waals surface area contributed by atoms with Gasteiger partial charge < -0.3 is 16.0 Å². The van der Waals surface area contributed by atoms with E-state index < -0.39 is 5.54 Å². The molecule has 0 aliphatic carbocycles. The number of carbonyl (C=O) groups excluding carboxylic acids is 1. The van der Waals surface area contributed by atoms with E-state index in [-0.39, 0.29) is 5.91 Å². The van der Waals surface area contributed by atoms with Crippen molar-refractivity contribution in [2.45, 2.75) is 44.7 Å². The first-order chi connectivity index (χ1) is 11.9. The fourth-order valence-electron chi connectivity index (χ4n) is 3.53. The second-order valence-corrected chi connectivity index (χ2v) is 7.50. The molecule has 5 nitrogen and oxygen atoms in total. The summed E-state index contributed by atoms with van der Waals surface area (Å²) in [6.07, 6.45) is 2.58. The molecule has 3 N–H and O–H groups in total. The van der Waals surface area contributed by atoms with Crippen molar-refractivity contribution in [3.63, 3.8) is 0 Å². The molecule has 25 heavy (non-hydrogen) atoms. The number of amides is 1. The van der Waals surface area contributed by atoms with Crippen molar-refractivity contribution in [3.8, 4) is 0 Å². The smallest absolute Gasteiger partial charge is 0.239 e. The second kappa shape index (κ2) is 9.32. The Labute approximate surface area is 152 Å². The Bertz CT molecular complexity index is 532. The SMILES string of the molecule is CCCC(C)(N)C(=O)NCCCN1CCN(C)CC1c1ccccc1. The first kappa shape index (κ1) is 19.9.